The van der Waals surface area contributed by atoms with Crippen molar-refractivity contribution in [3.8, 4) is 11.3 Å². The van der Waals surface area contributed by atoms with E-state index in [0.29, 0.717) is 0 Å². The Morgan fingerprint density at radius 2 is 1.90 bits per heavy atom. The summed E-state index contributed by atoms with van der Waals surface area (Å²) in [5.74, 6) is 0. The molecule has 4 aromatic rings. The highest BCUT2D eigenvalue weighted by molar-refractivity contribution is 6.11. The molecule has 4 rings (SSSR count). The fourth-order valence-corrected chi connectivity index (χ4v) is 2.69. The van der Waals surface area contributed by atoms with Crippen molar-refractivity contribution in [2.75, 3.05) is 0 Å². The summed E-state index contributed by atoms with van der Waals surface area (Å²) in [5, 5.41) is 2.45. The van der Waals surface area contributed by atoms with Crippen LogP contribution < -0.4 is 0 Å². The van der Waals surface area contributed by atoms with Gasteiger partial charge in [-0.3, -0.25) is 9.97 Å². The summed E-state index contributed by atoms with van der Waals surface area (Å²) in [6, 6.07) is 14.5. The van der Waals surface area contributed by atoms with Gasteiger partial charge in [0.25, 0.3) is 0 Å². The summed E-state index contributed by atoms with van der Waals surface area (Å²) in [7, 11) is 0. The van der Waals surface area contributed by atoms with Crippen LogP contribution >= 0.6 is 0 Å². The van der Waals surface area contributed by atoms with Crippen molar-refractivity contribution in [1.29, 1.82) is 0 Å². The van der Waals surface area contributed by atoms with Crippen LogP contribution in [0.3, 0.4) is 0 Å². The Kier molecular flexibility index (Phi) is 2.33. The highest BCUT2D eigenvalue weighted by Crippen LogP contribution is 2.31. The minimum atomic E-state index is 0.962. The Morgan fingerprint density at radius 1 is 1.00 bits per heavy atom. The van der Waals surface area contributed by atoms with Crippen molar-refractivity contribution in [3.05, 3.63) is 60.6 Å². The van der Waals surface area contributed by atoms with Crippen molar-refractivity contribution < 1.29 is 0 Å². The van der Waals surface area contributed by atoms with E-state index in [1.165, 1.54) is 10.8 Å². The topological polar surface area (TPSA) is 41.6 Å². The lowest BCUT2D eigenvalue weighted by Gasteiger charge is -2.04. The summed E-state index contributed by atoms with van der Waals surface area (Å²) in [4.78, 5) is 12.4. The maximum atomic E-state index is 4.70. The second-order valence-corrected chi connectivity index (χ2v) is 4.95. The van der Waals surface area contributed by atoms with E-state index in [1.807, 2.05) is 31.3 Å². The zero-order valence-corrected chi connectivity index (χ0v) is 11.1. The largest absolute Gasteiger partial charge is 0.353 e. The second-order valence-electron chi connectivity index (χ2n) is 4.95. The number of benzene rings is 1. The van der Waals surface area contributed by atoms with Gasteiger partial charge in [-0.05, 0) is 31.2 Å². The number of fused-ring (bicyclic) bond motifs is 3. The Labute approximate surface area is 116 Å². The molecule has 0 amide bonds. The van der Waals surface area contributed by atoms with Gasteiger partial charge in [-0.1, -0.05) is 18.2 Å². The van der Waals surface area contributed by atoms with Gasteiger partial charge >= 0.3 is 0 Å². The number of hydrogen-bond acceptors (Lipinski definition) is 2. The van der Waals surface area contributed by atoms with Crippen LogP contribution in [0.4, 0.5) is 0 Å². The lowest BCUT2D eigenvalue weighted by molar-refractivity contribution is 1.21. The number of H-pyrrole nitrogens is 1. The molecule has 3 heteroatoms. The van der Waals surface area contributed by atoms with Crippen LogP contribution in [0.2, 0.25) is 0 Å². The second kappa shape index (κ2) is 4.17. The summed E-state index contributed by atoms with van der Waals surface area (Å²) in [6.07, 6.45) is 3.63. The number of hydrogen-bond donors (Lipinski definition) is 1. The average Bonchev–Trinajstić information content (AvgIpc) is 2.86. The number of aryl methyl sites for hydroxylation is 1. The number of nitrogens with zero attached hydrogens (tertiary/aromatic N) is 2. The third kappa shape index (κ3) is 1.60. The number of pyridine rings is 2. The number of aromatic amines is 1. The zero-order chi connectivity index (χ0) is 13.5. The molecule has 0 fully saturated rings. The van der Waals surface area contributed by atoms with E-state index in [0.717, 1.165) is 28.0 Å². The molecule has 0 bridgehead atoms. The highest BCUT2D eigenvalue weighted by atomic mass is 14.8. The molecule has 3 aromatic heterocycles. The molecule has 96 valence electrons. The molecule has 0 radical (unpaired) electrons. The number of nitrogens with one attached hydrogen (secondary N) is 1. The predicted octanol–water partition coefficient (Wildman–Crippen LogP) is 4.09. The van der Waals surface area contributed by atoms with E-state index in [1.54, 1.807) is 6.20 Å². The van der Waals surface area contributed by atoms with Crippen LogP contribution in [0.25, 0.3) is 33.1 Å². The van der Waals surface area contributed by atoms with Gasteiger partial charge in [-0.2, -0.15) is 0 Å². The fraction of sp³-hybridized carbons (Fsp3) is 0.0588. The van der Waals surface area contributed by atoms with Crippen LogP contribution in [0.1, 0.15) is 5.69 Å². The van der Waals surface area contributed by atoms with Crippen LogP contribution in [-0.2, 0) is 0 Å². The molecule has 20 heavy (non-hydrogen) atoms. The van der Waals surface area contributed by atoms with E-state index in [2.05, 4.69) is 34.2 Å². The number of para-hydroxylation sites is 1. The summed E-state index contributed by atoms with van der Waals surface area (Å²) < 4.78 is 0. The molecule has 0 saturated carbocycles. The zero-order valence-electron chi connectivity index (χ0n) is 11.1. The minimum Gasteiger partial charge on any atom is -0.353 e. The molecule has 0 atom stereocenters. The Bertz CT molecular complexity index is 907. The van der Waals surface area contributed by atoms with Crippen molar-refractivity contribution in [3.63, 3.8) is 0 Å². The van der Waals surface area contributed by atoms with E-state index >= 15 is 0 Å². The van der Waals surface area contributed by atoms with Gasteiger partial charge in [0.15, 0.2) is 0 Å². The van der Waals surface area contributed by atoms with E-state index < -0.39 is 0 Å². The maximum Gasteiger partial charge on any atom is 0.0961 e. The van der Waals surface area contributed by atoms with Crippen molar-refractivity contribution in [2.24, 2.45) is 0 Å². The van der Waals surface area contributed by atoms with E-state index in [4.69, 9.17) is 4.98 Å². The summed E-state index contributed by atoms with van der Waals surface area (Å²) in [6.45, 7) is 2.03. The Hall–Kier alpha value is -2.68. The Balaban J connectivity index is 2.16. The van der Waals surface area contributed by atoms with Crippen LogP contribution in [0.15, 0.2) is 54.9 Å². The molecule has 0 saturated heterocycles. The van der Waals surface area contributed by atoms with Gasteiger partial charge in [-0.15, -0.1) is 0 Å². The summed E-state index contributed by atoms with van der Waals surface area (Å²) in [5.41, 5.74) is 5.23. The molecular formula is C17H13N3. The third-order valence-corrected chi connectivity index (χ3v) is 3.56. The summed E-state index contributed by atoms with van der Waals surface area (Å²) >= 11 is 0. The van der Waals surface area contributed by atoms with Gasteiger partial charge in [-0.25, -0.2) is 0 Å². The van der Waals surface area contributed by atoms with E-state index in [-0.39, 0.29) is 0 Å². The van der Waals surface area contributed by atoms with Gasteiger partial charge in [0.1, 0.15) is 0 Å². The third-order valence-electron chi connectivity index (χ3n) is 3.56. The van der Waals surface area contributed by atoms with Crippen molar-refractivity contribution >= 4 is 21.8 Å². The molecular weight excluding hydrogens is 246 g/mol. The van der Waals surface area contributed by atoms with E-state index in [9.17, 15) is 0 Å². The molecule has 3 heterocycles. The standard InChI is InChI=1S/C17H13N3/c1-11-9-14-13-6-2-3-7-15(13)20-17(14)16(19-11)12-5-4-8-18-10-12/h2-10,20H,1H3. The molecule has 0 aliphatic carbocycles. The first-order chi connectivity index (χ1) is 9.83. The van der Waals surface area contributed by atoms with Crippen LogP contribution in [0.5, 0.6) is 0 Å². The fourth-order valence-electron chi connectivity index (χ4n) is 2.69. The van der Waals surface area contributed by atoms with Gasteiger partial charge in [0.05, 0.1) is 11.2 Å². The first-order valence-electron chi connectivity index (χ1n) is 6.61. The predicted molar refractivity (Wildman–Crippen MR) is 81.6 cm³/mol. The highest BCUT2D eigenvalue weighted by Gasteiger charge is 2.11. The molecule has 1 aromatic carbocycles. The monoisotopic (exact) mass is 259 g/mol. The normalized spacial score (nSPS) is 11.2. The lowest BCUT2D eigenvalue weighted by Crippen LogP contribution is -1.89. The smallest absolute Gasteiger partial charge is 0.0961 e. The lowest BCUT2D eigenvalue weighted by atomic mass is 10.1. The first kappa shape index (κ1) is 11.2. The van der Waals surface area contributed by atoms with Gasteiger partial charge in [0, 0.05) is 39.9 Å². The first-order valence-corrected chi connectivity index (χ1v) is 6.61. The minimum absolute atomic E-state index is 0.962. The van der Waals surface area contributed by atoms with Crippen LogP contribution in [-0.4, -0.2) is 15.0 Å². The van der Waals surface area contributed by atoms with Gasteiger partial charge < -0.3 is 4.98 Å². The van der Waals surface area contributed by atoms with Crippen molar-refractivity contribution in [2.45, 2.75) is 6.92 Å². The number of aromatic nitrogens is 3. The quantitative estimate of drug-likeness (QED) is 0.559. The molecule has 0 aliphatic heterocycles. The van der Waals surface area contributed by atoms with Gasteiger partial charge in [0.2, 0.25) is 0 Å². The molecule has 3 nitrogen and oxygen atoms in total. The Morgan fingerprint density at radius 3 is 2.75 bits per heavy atom. The molecule has 0 aliphatic rings. The SMILES string of the molecule is Cc1cc2c([nH]c3ccccc32)c(-c2cccnc2)n1. The molecule has 0 spiro atoms. The number of rotatable bonds is 1. The molecule has 0 unspecified atom stereocenters. The molecule has 1 N–H and O–H groups in total. The van der Waals surface area contributed by atoms with Crippen molar-refractivity contribution in [1.82, 2.24) is 15.0 Å². The van der Waals surface area contributed by atoms with Crippen LogP contribution in [0, 0.1) is 6.92 Å². The average molecular weight is 259 g/mol. The maximum absolute atomic E-state index is 4.70.